The van der Waals surface area contributed by atoms with Crippen molar-refractivity contribution in [2.45, 2.75) is 17.4 Å². The quantitative estimate of drug-likeness (QED) is 0.348. The summed E-state index contributed by atoms with van der Waals surface area (Å²) in [5.74, 6) is -0.811. The number of ether oxygens (including phenoxy) is 1. The Morgan fingerprint density at radius 2 is 1.71 bits per heavy atom. The zero-order valence-electron chi connectivity index (χ0n) is 16.9. The Kier molecular flexibility index (Phi) is 10.7. The third kappa shape index (κ3) is 9.31. The minimum atomic E-state index is -0.834. The Balaban J connectivity index is 1.79. The zero-order chi connectivity index (χ0) is 22.5. The van der Waals surface area contributed by atoms with Crippen LogP contribution in [0, 0.1) is 5.82 Å². The van der Waals surface area contributed by atoms with Gasteiger partial charge in [0.1, 0.15) is 17.6 Å². The summed E-state index contributed by atoms with van der Waals surface area (Å²) in [5.41, 5.74) is 4.60. The van der Waals surface area contributed by atoms with E-state index < -0.39 is 29.6 Å². The summed E-state index contributed by atoms with van der Waals surface area (Å²) in [7, 11) is 0. The van der Waals surface area contributed by atoms with E-state index in [1.165, 1.54) is 17.8 Å². The molecule has 0 saturated heterocycles. The van der Waals surface area contributed by atoms with Crippen LogP contribution in [0.25, 0.3) is 0 Å². The van der Waals surface area contributed by atoms with Crippen LogP contribution in [0.2, 0.25) is 0 Å². The Labute approximate surface area is 188 Å². The Hall–Kier alpha value is -2.72. The maximum atomic E-state index is 13.6. The van der Waals surface area contributed by atoms with Crippen LogP contribution in [0.5, 0.6) is 5.75 Å². The molecule has 166 valence electrons. The lowest BCUT2D eigenvalue weighted by molar-refractivity contribution is -0.132. The number of carbonyl (C=O) groups is 3. The summed E-state index contributed by atoms with van der Waals surface area (Å²) in [6.07, 6.45) is 2.26. The number of hydrogen-bond acceptors (Lipinski definition) is 6. The van der Waals surface area contributed by atoms with Gasteiger partial charge in [-0.3, -0.25) is 25.2 Å². The summed E-state index contributed by atoms with van der Waals surface area (Å²) in [4.78, 5) is 36.9. The highest BCUT2D eigenvalue weighted by Gasteiger charge is 2.21. The molecule has 2 rings (SSSR count). The van der Waals surface area contributed by atoms with Crippen molar-refractivity contribution in [1.29, 1.82) is 0 Å². The van der Waals surface area contributed by atoms with Crippen LogP contribution in [0.4, 0.5) is 4.39 Å². The normalized spacial score (nSPS) is 11.3. The second-order valence-electron chi connectivity index (χ2n) is 6.26. The summed E-state index contributed by atoms with van der Waals surface area (Å²) in [6.45, 7) is -0.237. The smallest absolute Gasteiger partial charge is 0.260 e. The standard InChI is InChI=1S/C21H24FN3O4S2/c1-30-12-11-17(23-19(26)13-29-15-7-3-2-4-8-15)21(28)25-24-20(27)14-31-18-10-6-5-9-16(18)22/h2-10,17H,11-14H2,1H3,(H,23,26)(H,24,27)(H,25,28). The number of halogens is 1. The minimum absolute atomic E-state index is 0.0754. The molecular formula is C21H24FN3O4S2. The Bertz CT molecular complexity index is 871. The van der Waals surface area contributed by atoms with Gasteiger partial charge in [0.2, 0.25) is 5.91 Å². The highest BCUT2D eigenvalue weighted by Crippen LogP contribution is 2.20. The molecule has 0 bridgehead atoms. The molecule has 3 amide bonds. The van der Waals surface area contributed by atoms with Gasteiger partial charge in [-0.2, -0.15) is 11.8 Å². The first-order chi connectivity index (χ1) is 15.0. The molecule has 0 saturated carbocycles. The summed E-state index contributed by atoms with van der Waals surface area (Å²) in [6, 6.07) is 14.1. The number of carbonyl (C=O) groups excluding carboxylic acids is 3. The van der Waals surface area contributed by atoms with Crippen LogP contribution < -0.4 is 20.9 Å². The van der Waals surface area contributed by atoms with Gasteiger partial charge in [-0.05, 0) is 42.7 Å². The molecule has 0 aliphatic rings. The van der Waals surface area contributed by atoms with E-state index in [1.807, 2.05) is 12.3 Å². The molecule has 0 aliphatic heterocycles. The average Bonchev–Trinajstić information content (AvgIpc) is 2.79. The molecule has 10 heteroatoms. The Morgan fingerprint density at radius 3 is 2.42 bits per heavy atom. The molecule has 0 spiro atoms. The summed E-state index contributed by atoms with van der Waals surface area (Å²) in [5, 5.41) is 2.62. The number of hydrazine groups is 1. The third-order valence-corrected chi connectivity index (χ3v) is 5.59. The van der Waals surface area contributed by atoms with Crippen molar-refractivity contribution in [3.63, 3.8) is 0 Å². The van der Waals surface area contributed by atoms with Gasteiger partial charge in [0, 0.05) is 4.90 Å². The highest BCUT2D eigenvalue weighted by atomic mass is 32.2. The third-order valence-electron chi connectivity index (χ3n) is 3.90. The number of nitrogens with one attached hydrogen (secondary N) is 3. The number of hydrogen-bond donors (Lipinski definition) is 3. The maximum absolute atomic E-state index is 13.6. The molecular weight excluding hydrogens is 441 g/mol. The van der Waals surface area contributed by atoms with Gasteiger partial charge in [-0.1, -0.05) is 30.3 Å². The molecule has 31 heavy (non-hydrogen) atoms. The predicted octanol–water partition coefficient (Wildman–Crippen LogP) is 2.38. The van der Waals surface area contributed by atoms with Crippen LogP contribution in [0.15, 0.2) is 59.5 Å². The number of rotatable bonds is 11. The van der Waals surface area contributed by atoms with E-state index in [2.05, 4.69) is 16.2 Å². The molecule has 2 aromatic carbocycles. The van der Waals surface area contributed by atoms with E-state index >= 15 is 0 Å². The maximum Gasteiger partial charge on any atom is 0.260 e. The summed E-state index contributed by atoms with van der Waals surface area (Å²) >= 11 is 2.54. The molecule has 0 aliphatic carbocycles. The van der Waals surface area contributed by atoms with Crippen molar-refractivity contribution in [2.75, 3.05) is 24.4 Å². The number of benzene rings is 2. The van der Waals surface area contributed by atoms with Gasteiger partial charge in [0.25, 0.3) is 11.8 Å². The van der Waals surface area contributed by atoms with E-state index in [-0.39, 0.29) is 12.4 Å². The first-order valence-corrected chi connectivity index (χ1v) is 11.8. The molecule has 0 aromatic heterocycles. The average molecular weight is 466 g/mol. The van der Waals surface area contributed by atoms with E-state index in [1.54, 1.807) is 42.5 Å². The van der Waals surface area contributed by atoms with Gasteiger partial charge in [-0.15, -0.1) is 11.8 Å². The Morgan fingerprint density at radius 1 is 1.00 bits per heavy atom. The summed E-state index contributed by atoms with van der Waals surface area (Å²) < 4.78 is 19.0. The van der Waals surface area contributed by atoms with Crippen molar-refractivity contribution < 1.29 is 23.5 Å². The first kappa shape index (κ1) is 24.5. The number of para-hydroxylation sites is 1. The number of amides is 3. The predicted molar refractivity (Wildman–Crippen MR) is 120 cm³/mol. The molecule has 7 nitrogen and oxygen atoms in total. The second kappa shape index (κ2) is 13.6. The van der Waals surface area contributed by atoms with Crippen molar-refractivity contribution in [1.82, 2.24) is 16.2 Å². The fourth-order valence-corrected chi connectivity index (χ4v) is 3.58. The molecule has 2 aromatic rings. The molecule has 0 heterocycles. The fraction of sp³-hybridized carbons (Fsp3) is 0.286. The van der Waals surface area contributed by atoms with Crippen LogP contribution in [-0.4, -0.2) is 48.1 Å². The van der Waals surface area contributed by atoms with Crippen LogP contribution in [0.3, 0.4) is 0 Å². The molecule has 1 unspecified atom stereocenters. The van der Waals surface area contributed by atoms with Crippen molar-refractivity contribution in [3.8, 4) is 5.75 Å². The van der Waals surface area contributed by atoms with Crippen molar-refractivity contribution in [3.05, 3.63) is 60.4 Å². The topological polar surface area (TPSA) is 96.5 Å². The monoisotopic (exact) mass is 465 g/mol. The first-order valence-electron chi connectivity index (χ1n) is 9.41. The zero-order valence-corrected chi connectivity index (χ0v) is 18.6. The lowest BCUT2D eigenvalue weighted by Crippen LogP contribution is -2.53. The van der Waals surface area contributed by atoms with Crippen molar-refractivity contribution in [2.24, 2.45) is 0 Å². The minimum Gasteiger partial charge on any atom is -0.484 e. The van der Waals surface area contributed by atoms with Gasteiger partial charge in [0.05, 0.1) is 5.75 Å². The van der Waals surface area contributed by atoms with Gasteiger partial charge in [-0.25, -0.2) is 4.39 Å². The van der Waals surface area contributed by atoms with E-state index in [0.29, 0.717) is 22.8 Å². The van der Waals surface area contributed by atoms with Crippen LogP contribution in [0.1, 0.15) is 6.42 Å². The fourth-order valence-electron chi connectivity index (χ4n) is 2.37. The van der Waals surface area contributed by atoms with E-state index in [0.717, 1.165) is 11.8 Å². The second-order valence-corrected chi connectivity index (χ2v) is 8.26. The van der Waals surface area contributed by atoms with E-state index in [9.17, 15) is 18.8 Å². The highest BCUT2D eigenvalue weighted by molar-refractivity contribution is 8.00. The van der Waals surface area contributed by atoms with Crippen LogP contribution >= 0.6 is 23.5 Å². The number of thioether (sulfide) groups is 2. The largest absolute Gasteiger partial charge is 0.484 e. The molecule has 0 fully saturated rings. The lowest BCUT2D eigenvalue weighted by Gasteiger charge is -2.18. The van der Waals surface area contributed by atoms with Gasteiger partial charge < -0.3 is 10.1 Å². The molecule has 3 N–H and O–H groups in total. The van der Waals surface area contributed by atoms with E-state index in [4.69, 9.17) is 4.74 Å². The van der Waals surface area contributed by atoms with Crippen molar-refractivity contribution >= 4 is 41.2 Å². The lowest BCUT2D eigenvalue weighted by atomic mass is 10.2. The molecule has 1 atom stereocenters. The van der Waals surface area contributed by atoms with Gasteiger partial charge in [0.15, 0.2) is 6.61 Å². The molecule has 0 radical (unpaired) electrons. The van der Waals surface area contributed by atoms with Crippen LogP contribution in [-0.2, 0) is 14.4 Å². The SMILES string of the molecule is CSCCC(NC(=O)COc1ccccc1)C(=O)NNC(=O)CSc1ccccc1F. The van der Waals surface area contributed by atoms with Gasteiger partial charge >= 0.3 is 0 Å².